The molecule has 22 heavy (non-hydrogen) atoms. The van der Waals surface area contributed by atoms with Gasteiger partial charge in [-0.15, -0.1) is 6.58 Å². The zero-order chi connectivity index (χ0) is 16.4. The molecule has 116 valence electrons. The first-order valence-electron chi connectivity index (χ1n) is 6.76. The van der Waals surface area contributed by atoms with Crippen LogP contribution in [0.3, 0.4) is 0 Å². The Morgan fingerprint density at radius 2 is 2.14 bits per heavy atom. The summed E-state index contributed by atoms with van der Waals surface area (Å²) in [6.45, 7) is 5.66. The van der Waals surface area contributed by atoms with Crippen LogP contribution in [0.2, 0.25) is 0 Å². The molecule has 0 fully saturated rings. The number of aromatic carboxylic acids is 1. The van der Waals surface area contributed by atoms with Crippen LogP contribution >= 0.6 is 0 Å². The Balaban J connectivity index is 3.03. The van der Waals surface area contributed by atoms with Crippen LogP contribution in [0.1, 0.15) is 22.8 Å². The summed E-state index contributed by atoms with van der Waals surface area (Å²) in [5.74, 6) is -1.49. The van der Waals surface area contributed by atoms with Crippen molar-refractivity contribution in [1.29, 1.82) is 0 Å². The van der Waals surface area contributed by atoms with E-state index in [-0.39, 0.29) is 11.9 Å². The summed E-state index contributed by atoms with van der Waals surface area (Å²) in [6, 6.07) is 3.28. The molecule has 1 aromatic carbocycles. The Morgan fingerprint density at radius 3 is 2.64 bits per heavy atom. The first-order valence-corrected chi connectivity index (χ1v) is 6.76. The number of carboxylic acids is 1. The van der Waals surface area contributed by atoms with Crippen molar-refractivity contribution in [3.8, 4) is 11.5 Å². The van der Waals surface area contributed by atoms with E-state index < -0.39 is 22.8 Å². The first-order chi connectivity index (χ1) is 10.5. The van der Waals surface area contributed by atoms with Crippen LogP contribution < -0.4 is 10.3 Å². The maximum Gasteiger partial charge on any atom is 0.345 e. The Hall–Kier alpha value is -2.76. The van der Waals surface area contributed by atoms with Gasteiger partial charge in [0.2, 0.25) is 0 Å². The van der Waals surface area contributed by atoms with Crippen molar-refractivity contribution in [2.24, 2.45) is 0 Å². The monoisotopic (exact) mass is 303 g/mol. The van der Waals surface area contributed by atoms with Gasteiger partial charge in [-0.25, -0.2) is 4.79 Å². The summed E-state index contributed by atoms with van der Waals surface area (Å²) in [5, 5.41) is 19.7. The number of pyridine rings is 1. The maximum atomic E-state index is 12.3. The molecule has 0 bridgehead atoms. The van der Waals surface area contributed by atoms with Crippen LogP contribution in [0, 0.1) is 0 Å². The van der Waals surface area contributed by atoms with Crippen molar-refractivity contribution in [3.05, 3.63) is 46.3 Å². The van der Waals surface area contributed by atoms with Gasteiger partial charge in [-0.1, -0.05) is 13.0 Å². The minimum Gasteiger partial charge on any atom is -0.506 e. The highest BCUT2D eigenvalue weighted by Gasteiger charge is 2.22. The lowest BCUT2D eigenvalue weighted by molar-refractivity contribution is 0.0691. The quantitative estimate of drug-likeness (QED) is 0.826. The van der Waals surface area contributed by atoms with Crippen molar-refractivity contribution in [2.75, 3.05) is 7.11 Å². The van der Waals surface area contributed by atoms with Crippen LogP contribution in [-0.4, -0.2) is 27.9 Å². The average Bonchev–Trinajstić information content (AvgIpc) is 2.49. The van der Waals surface area contributed by atoms with Crippen LogP contribution in [-0.2, 0) is 13.0 Å². The number of hydrogen-bond donors (Lipinski definition) is 2. The van der Waals surface area contributed by atoms with Gasteiger partial charge < -0.3 is 19.5 Å². The molecule has 6 heteroatoms. The smallest absolute Gasteiger partial charge is 0.345 e. The molecule has 0 atom stereocenters. The number of benzene rings is 1. The number of hydrogen-bond acceptors (Lipinski definition) is 4. The molecular formula is C16H17NO5. The number of nitrogens with zero attached hydrogens (tertiary/aromatic N) is 1. The molecule has 1 aromatic heterocycles. The topological polar surface area (TPSA) is 88.8 Å². The van der Waals surface area contributed by atoms with Gasteiger partial charge >= 0.3 is 5.97 Å². The molecule has 0 radical (unpaired) electrons. The molecule has 0 amide bonds. The highest BCUT2D eigenvalue weighted by atomic mass is 16.5. The molecular weight excluding hydrogens is 286 g/mol. The zero-order valence-corrected chi connectivity index (χ0v) is 12.4. The number of carbonyl (C=O) groups is 1. The van der Waals surface area contributed by atoms with Crippen molar-refractivity contribution < 1.29 is 19.7 Å². The molecule has 2 N–H and O–H groups in total. The van der Waals surface area contributed by atoms with E-state index in [0.717, 1.165) is 5.56 Å². The van der Waals surface area contributed by atoms with E-state index >= 15 is 0 Å². The van der Waals surface area contributed by atoms with Crippen molar-refractivity contribution in [3.63, 3.8) is 0 Å². The van der Waals surface area contributed by atoms with Gasteiger partial charge in [-0.05, 0) is 24.1 Å². The van der Waals surface area contributed by atoms with E-state index in [9.17, 15) is 19.8 Å². The van der Waals surface area contributed by atoms with E-state index in [0.29, 0.717) is 17.7 Å². The van der Waals surface area contributed by atoms with Crippen molar-refractivity contribution in [2.45, 2.75) is 19.9 Å². The largest absolute Gasteiger partial charge is 0.506 e. The van der Waals surface area contributed by atoms with Crippen LogP contribution in [0.4, 0.5) is 0 Å². The highest BCUT2D eigenvalue weighted by molar-refractivity contribution is 5.99. The normalized spacial score (nSPS) is 10.6. The van der Waals surface area contributed by atoms with E-state index in [1.165, 1.54) is 17.8 Å². The number of aromatic nitrogens is 1. The second kappa shape index (κ2) is 5.93. The third-order valence-corrected chi connectivity index (χ3v) is 3.55. The number of carboxylic acid groups (broad SMARTS) is 1. The number of fused-ring (bicyclic) bond motifs is 1. The second-order valence-electron chi connectivity index (χ2n) is 4.77. The fourth-order valence-electron chi connectivity index (χ4n) is 2.47. The van der Waals surface area contributed by atoms with Gasteiger partial charge in [-0.3, -0.25) is 4.79 Å². The number of methoxy groups -OCH3 is 1. The van der Waals surface area contributed by atoms with Crippen LogP contribution in [0.15, 0.2) is 29.6 Å². The van der Waals surface area contributed by atoms with E-state index in [2.05, 4.69) is 6.58 Å². The van der Waals surface area contributed by atoms with Gasteiger partial charge in [0.05, 0.1) is 12.6 Å². The number of aryl methyl sites for hydroxylation is 1. The summed E-state index contributed by atoms with van der Waals surface area (Å²) in [7, 11) is 1.50. The Morgan fingerprint density at radius 1 is 1.45 bits per heavy atom. The van der Waals surface area contributed by atoms with Gasteiger partial charge in [0.25, 0.3) is 5.56 Å². The number of allylic oxidation sites excluding steroid dienone is 1. The van der Waals surface area contributed by atoms with Crippen LogP contribution in [0.25, 0.3) is 10.9 Å². The molecule has 0 aliphatic carbocycles. The molecule has 0 saturated heterocycles. The predicted molar refractivity (Wildman–Crippen MR) is 83.0 cm³/mol. The molecule has 0 saturated carbocycles. The SMILES string of the molecule is C=CCn1c(=O)c(C(=O)O)c(O)c2cc(OC)c(CC)cc21. The molecule has 0 spiro atoms. The first kappa shape index (κ1) is 15.6. The number of aromatic hydroxyl groups is 1. The fraction of sp³-hybridized carbons (Fsp3) is 0.250. The van der Waals surface area contributed by atoms with E-state index in [1.807, 2.05) is 6.92 Å². The lowest BCUT2D eigenvalue weighted by Crippen LogP contribution is -2.26. The number of rotatable bonds is 5. The van der Waals surface area contributed by atoms with Gasteiger partial charge in [0.1, 0.15) is 11.5 Å². The third-order valence-electron chi connectivity index (χ3n) is 3.55. The molecule has 2 rings (SSSR count). The van der Waals surface area contributed by atoms with E-state index in [4.69, 9.17) is 4.74 Å². The minimum atomic E-state index is -1.47. The van der Waals surface area contributed by atoms with Gasteiger partial charge in [-0.2, -0.15) is 0 Å². The Bertz CT molecular complexity index is 820. The minimum absolute atomic E-state index is 0.144. The van der Waals surface area contributed by atoms with Gasteiger partial charge in [0, 0.05) is 11.9 Å². The van der Waals surface area contributed by atoms with Crippen molar-refractivity contribution >= 4 is 16.9 Å². The highest BCUT2D eigenvalue weighted by Crippen LogP contribution is 2.32. The summed E-state index contributed by atoms with van der Waals surface area (Å²) >= 11 is 0. The average molecular weight is 303 g/mol. The van der Waals surface area contributed by atoms with E-state index in [1.54, 1.807) is 12.1 Å². The molecule has 1 heterocycles. The molecule has 0 unspecified atom stereocenters. The lowest BCUT2D eigenvalue weighted by atomic mass is 10.0. The van der Waals surface area contributed by atoms with Crippen molar-refractivity contribution in [1.82, 2.24) is 4.57 Å². The zero-order valence-electron chi connectivity index (χ0n) is 12.4. The summed E-state index contributed by atoms with van der Waals surface area (Å²) < 4.78 is 6.55. The summed E-state index contributed by atoms with van der Waals surface area (Å²) in [5.41, 5.74) is -0.106. The Kier molecular flexibility index (Phi) is 4.21. The standard InChI is InChI=1S/C16H17NO5/c1-4-6-17-11-7-9(5-2)12(22-3)8-10(11)14(18)13(15(17)19)16(20)21/h4,7-8,18H,1,5-6H2,2-3H3,(H,20,21). The third kappa shape index (κ3) is 2.32. The number of ether oxygens (including phenoxy) is 1. The molecule has 0 aliphatic heterocycles. The predicted octanol–water partition coefficient (Wildman–Crippen LogP) is 2.16. The van der Waals surface area contributed by atoms with Crippen LogP contribution in [0.5, 0.6) is 11.5 Å². The Labute approximate surface area is 126 Å². The van der Waals surface area contributed by atoms with Gasteiger partial charge in [0.15, 0.2) is 5.56 Å². The molecule has 2 aromatic rings. The molecule has 0 aliphatic rings. The maximum absolute atomic E-state index is 12.3. The summed E-state index contributed by atoms with van der Waals surface area (Å²) in [6.07, 6.45) is 2.17. The second-order valence-corrected chi connectivity index (χ2v) is 4.77. The lowest BCUT2D eigenvalue weighted by Gasteiger charge is -2.15. The summed E-state index contributed by atoms with van der Waals surface area (Å²) in [4.78, 5) is 23.6. The molecule has 6 nitrogen and oxygen atoms in total. The fourth-order valence-corrected chi connectivity index (χ4v) is 2.47.